The molecule has 8 heteroatoms. The highest BCUT2D eigenvalue weighted by atomic mass is 32.2. The highest BCUT2D eigenvalue weighted by molar-refractivity contribution is 7.99. The van der Waals surface area contributed by atoms with Crippen molar-refractivity contribution >= 4 is 34.7 Å². The molecular formula is C20H25N3O4S. The number of carbonyl (C=O) groups is 1. The predicted octanol–water partition coefficient (Wildman–Crippen LogP) is 4.32. The molecule has 0 aromatic heterocycles. The number of rotatable bonds is 10. The number of nitro groups is 1. The Kier molecular flexibility index (Phi) is 8.13. The van der Waals surface area contributed by atoms with E-state index in [4.69, 9.17) is 4.74 Å². The van der Waals surface area contributed by atoms with Gasteiger partial charge in [0.05, 0.1) is 17.8 Å². The van der Waals surface area contributed by atoms with Gasteiger partial charge in [0, 0.05) is 36.3 Å². The van der Waals surface area contributed by atoms with Crippen LogP contribution in [0.15, 0.2) is 42.5 Å². The standard InChI is InChI=1S/C20H25N3O4S/c1-4-22(5-2)17-9-7-16(8-10-17)21-20(24)14-28-13-15-6-11-19(27-3)18(12-15)23(25)26/h6-12H,4-5,13-14H2,1-3H3,(H,21,24). The van der Waals surface area contributed by atoms with Crippen LogP contribution in [0.5, 0.6) is 5.75 Å². The van der Waals surface area contributed by atoms with Gasteiger partial charge < -0.3 is 15.0 Å². The minimum atomic E-state index is -0.471. The summed E-state index contributed by atoms with van der Waals surface area (Å²) in [7, 11) is 1.40. The van der Waals surface area contributed by atoms with Gasteiger partial charge in [-0.15, -0.1) is 11.8 Å². The maximum Gasteiger partial charge on any atom is 0.311 e. The summed E-state index contributed by atoms with van der Waals surface area (Å²) in [5.41, 5.74) is 2.58. The van der Waals surface area contributed by atoms with Crippen molar-refractivity contribution in [3.05, 3.63) is 58.1 Å². The molecule has 2 aromatic rings. The number of benzene rings is 2. The van der Waals surface area contributed by atoms with Crippen molar-refractivity contribution < 1.29 is 14.5 Å². The number of hydrogen-bond acceptors (Lipinski definition) is 6. The summed E-state index contributed by atoms with van der Waals surface area (Å²) in [4.78, 5) is 25.0. The van der Waals surface area contributed by atoms with Gasteiger partial charge in [0.25, 0.3) is 0 Å². The first kappa shape index (κ1) is 21.6. The summed E-state index contributed by atoms with van der Waals surface area (Å²) < 4.78 is 4.99. The third kappa shape index (κ3) is 5.88. The number of nitrogens with one attached hydrogen (secondary N) is 1. The Bertz CT molecular complexity index is 808. The quantitative estimate of drug-likeness (QED) is 0.470. The highest BCUT2D eigenvalue weighted by Gasteiger charge is 2.15. The van der Waals surface area contributed by atoms with Crippen LogP contribution in [0.2, 0.25) is 0 Å². The molecule has 7 nitrogen and oxygen atoms in total. The van der Waals surface area contributed by atoms with Crippen LogP contribution in [0.1, 0.15) is 19.4 Å². The maximum absolute atomic E-state index is 12.1. The number of hydrogen-bond donors (Lipinski definition) is 1. The first-order valence-corrected chi connectivity index (χ1v) is 10.2. The highest BCUT2D eigenvalue weighted by Crippen LogP contribution is 2.29. The summed E-state index contributed by atoms with van der Waals surface area (Å²) in [6, 6.07) is 12.6. The number of nitrogens with zero attached hydrogens (tertiary/aromatic N) is 2. The summed E-state index contributed by atoms with van der Waals surface area (Å²) >= 11 is 1.40. The number of methoxy groups -OCH3 is 1. The number of nitro benzene ring substituents is 1. The second-order valence-electron chi connectivity index (χ2n) is 6.02. The Hall–Kier alpha value is -2.74. The molecule has 0 aliphatic carbocycles. The number of carbonyl (C=O) groups excluding carboxylic acids is 1. The van der Waals surface area contributed by atoms with Crippen molar-refractivity contribution in [2.75, 3.05) is 36.2 Å². The summed E-state index contributed by atoms with van der Waals surface area (Å²) in [5.74, 6) is 0.879. The van der Waals surface area contributed by atoms with Crippen LogP contribution in [-0.2, 0) is 10.5 Å². The van der Waals surface area contributed by atoms with Crippen molar-refractivity contribution in [1.29, 1.82) is 0 Å². The summed E-state index contributed by atoms with van der Waals surface area (Å²) in [5, 5.41) is 13.9. The topological polar surface area (TPSA) is 84.7 Å². The Morgan fingerprint density at radius 1 is 1.18 bits per heavy atom. The zero-order chi connectivity index (χ0) is 20.5. The molecule has 0 unspecified atom stereocenters. The molecule has 1 amide bonds. The monoisotopic (exact) mass is 403 g/mol. The lowest BCUT2D eigenvalue weighted by Crippen LogP contribution is -2.21. The van der Waals surface area contributed by atoms with E-state index < -0.39 is 4.92 Å². The first-order chi connectivity index (χ1) is 13.5. The van der Waals surface area contributed by atoms with Gasteiger partial charge in [0.15, 0.2) is 5.75 Å². The van der Waals surface area contributed by atoms with Crippen molar-refractivity contribution in [3.8, 4) is 5.75 Å². The lowest BCUT2D eigenvalue weighted by molar-refractivity contribution is -0.385. The molecule has 28 heavy (non-hydrogen) atoms. The smallest absolute Gasteiger partial charge is 0.311 e. The largest absolute Gasteiger partial charge is 0.490 e. The molecule has 1 N–H and O–H groups in total. The normalized spacial score (nSPS) is 10.4. The van der Waals surface area contributed by atoms with E-state index in [1.165, 1.54) is 24.9 Å². The van der Waals surface area contributed by atoms with Crippen LogP contribution < -0.4 is 15.0 Å². The summed E-state index contributed by atoms with van der Waals surface area (Å²) in [6.07, 6.45) is 0. The van der Waals surface area contributed by atoms with Gasteiger partial charge in [-0.3, -0.25) is 14.9 Å². The van der Waals surface area contributed by atoms with E-state index in [9.17, 15) is 14.9 Å². The molecule has 0 aliphatic heterocycles. The Labute approximate surface area is 169 Å². The second kappa shape index (κ2) is 10.6. The number of anilines is 2. The fourth-order valence-electron chi connectivity index (χ4n) is 2.77. The van der Waals surface area contributed by atoms with Crippen LogP contribution in [-0.4, -0.2) is 36.8 Å². The van der Waals surface area contributed by atoms with E-state index in [1.807, 2.05) is 24.3 Å². The predicted molar refractivity (Wildman–Crippen MR) is 114 cm³/mol. The zero-order valence-electron chi connectivity index (χ0n) is 16.3. The van der Waals surface area contributed by atoms with Gasteiger partial charge in [-0.05, 0) is 49.7 Å². The lowest BCUT2D eigenvalue weighted by atomic mass is 10.2. The molecule has 0 aliphatic rings. The van der Waals surface area contributed by atoms with Crippen LogP contribution >= 0.6 is 11.8 Å². The molecule has 0 saturated heterocycles. The first-order valence-electron chi connectivity index (χ1n) is 9.02. The van der Waals surface area contributed by atoms with Crippen LogP contribution in [0.3, 0.4) is 0 Å². The van der Waals surface area contributed by atoms with Crippen molar-refractivity contribution in [3.63, 3.8) is 0 Å². The Balaban J connectivity index is 1.86. The van der Waals surface area contributed by atoms with E-state index in [0.717, 1.165) is 30.0 Å². The number of ether oxygens (including phenoxy) is 1. The summed E-state index contributed by atoms with van der Waals surface area (Å²) in [6.45, 7) is 6.08. The van der Waals surface area contributed by atoms with Gasteiger partial charge >= 0.3 is 5.69 Å². The van der Waals surface area contributed by atoms with E-state index in [1.54, 1.807) is 12.1 Å². The second-order valence-corrected chi connectivity index (χ2v) is 7.01. The molecule has 2 rings (SSSR count). The molecule has 0 fully saturated rings. The molecule has 0 heterocycles. The molecule has 0 spiro atoms. The van der Waals surface area contributed by atoms with Gasteiger partial charge in [0.2, 0.25) is 5.91 Å². The minimum Gasteiger partial charge on any atom is -0.490 e. The number of thioether (sulfide) groups is 1. The van der Waals surface area contributed by atoms with E-state index >= 15 is 0 Å². The van der Waals surface area contributed by atoms with Gasteiger partial charge in [-0.25, -0.2) is 0 Å². The fourth-order valence-corrected chi connectivity index (χ4v) is 3.55. The van der Waals surface area contributed by atoms with E-state index in [2.05, 4.69) is 24.1 Å². The molecule has 0 atom stereocenters. The lowest BCUT2D eigenvalue weighted by Gasteiger charge is -2.21. The SMILES string of the molecule is CCN(CC)c1ccc(NC(=O)CSCc2ccc(OC)c([N+](=O)[O-])c2)cc1. The molecule has 0 bridgehead atoms. The molecule has 0 radical (unpaired) electrons. The van der Waals surface area contributed by atoms with Crippen LogP contribution in [0, 0.1) is 10.1 Å². The Morgan fingerprint density at radius 2 is 1.86 bits per heavy atom. The molecule has 0 saturated carbocycles. The molecular weight excluding hydrogens is 378 g/mol. The fraction of sp³-hybridized carbons (Fsp3) is 0.350. The average Bonchev–Trinajstić information content (AvgIpc) is 2.70. The van der Waals surface area contributed by atoms with Crippen molar-refractivity contribution in [2.24, 2.45) is 0 Å². The Morgan fingerprint density at radius 3 is 2.43 bits per heavy atom. The molecule has 2 aromatic carbocycles. The van der Waals surface area contributed by atoms with Gasteiger partial charge in [-0.2, -0.15) is 0 Å². The van der Waals surface area contributed by atoms with E-state index in [0.29, 0.717) is 5.75 Å². The van der Waals surface area contributed by atoms with Crippen LogP contribution in [0.4, 0.5) is 17.1 Å². The molecule has 150 valence electrons. The minimum absolute atomic E-state index is 0.0710. The third-order valence-electron chi connectivity index (χ3n) is 4.22. The van der Waals surface area contributed by atoms with Gasteiger partial charge in [-0.1, -0.05) is 6.07 Å². The van der Waals surface area contributed by atoms with Crippen LogP contribution in [0.25, 0.3) is 0 Å². The average molecular weight is 404 g/mol. The number of amides is 1. The third-order valence-corrected chi connectivity index (χ3v) is 5.23. The van der Waals surface area contributed by atoms with Gasteiger partial charge in [0.1, 0.15) is 0 Å². The maximum atomic E-state index is 12.1. The zero-order valence-corrected chi connectivity index (χ0v) is 17.1. The van der Waals surface area contributed by atoms with Crippen molar-refractivity contribution in [2.45, 2.75) is 19.6 Å². The van der Waals surface area contributed by atoms with Crippen molar-refractivity contribution in [1.82, 2.24) is 0 Å². The van der Waals surface area contributed by atoms with E-state index in [-0.39, 0.29) is 23.1 Å².